The summed E-state index contributed by atoms with van der Waals surface area (Å²) in [7, 11) is -0.441. The number of aromatic hydroxyl groups is 1. The van der Waals surface area contributed by atoms with E-state index < -0.39 is 9.52 Å². The normalized spacial score (nSPS) is 11.3. The van der Waals surface area contributed by atoms with Crippen molar-refractivity contribution in [3.05, 3.63) is 52.1 Å². The van der Waals surface area contributed by atoms with Crippen molar-refractivity contribution in [1.29, 1.82) is 0 Å². The van der Waals surface area contributed by atoms with Crippen LogP contribution in [0.15, 0.2) is 24.3 Å². The van der Waals surface area contributed by atoms with Crippen LogP contribution in [0.25, 0.3) is 0 Å². The molecule has 2 aromatic rings. The molecule has 0 saturated heterocycles. The zero-order valence-electron chi connectivity index (χ0n) is 13.6. The second kappa shape index (κ2) is 6.35. The van der Waals surface area contributed by atoms with Crippen LogP contribution in [0.5, 0.6) is 11.5 Å². The summed E-state index contributed by atoms with van der Waals surface area (Å²) in [5, 5.41) is 11.4. The average Bonchev–Trinajstić information content (AvgIpc) is 2.46. The number of ether oxygens (including phenoxy) is 1. The molecule has 0 unspecified atom stereocenters. The molecule has 0 amide bonds. The Bertz CT molecular complexity index is 663. The van der Waals surface area contributed by atoms with Gasteiger partial charge < -0.3 is 9.84 Å². The van der Waals surface area contributed by atoms with Crippen LogP contribution in [0.3, 0.4) is 0 Å². The minimum Gasteiger partial charge on any atom is -0.507 e. The van der Waals surface area contributed by atoms with Gasteiger partial charge in [0.15, 0.2) is 0 Å². The predicted molar refractivity (Wildman–Crippen MR) is 91.9 cm³/mol. The first-order chi connectivity index (χ1) is 9.91. The Morgan fingerprint density at radius 2 is 1.67 bits per heavy atom. The van der Waals surface area contributed by atoms with E-state index in [0.29, 0.717) is 5.75 Å². The van der Waals surface area contributed by atoms with E-state index in [2.05, 4.69) is 32.0 Å². The quantitative estimate of drug-likeness (QED) is 0.880. The van der Waals surface area contributed by atoms with Crippen molar-refractivity contribution in [2.45, 2.75) is 34.6 Å². The van der Waals surface area contributed by atoms with Crippen molar-refractivity contribution in [1.82, 2.24) is 0 Å². The molecule has 0 aliphatic rings. The zero-order chi connectivity index (χ0) is 15.6. The van der Waals surface area contributed by atoms with Crippen molar-refractivity contribution in [2.24, 2.45) is 0 Å². The summed E-state index contributed by atoms with van der Waals surface area (Å²) in [5.41, 5.74) is 5.59. The standard InChI is InChI=1S/C18H24O2Si/c1-11-7-6-8-17(13(11)3)21-10-20-16-9-12(2)18(19)15(5)14(16)4/h6-9,19H,10,21H2,1-5H3. The van der Waals surface area contributed by atoms with Crippen molar-refractivity contribution in [3.63, 3.8) is 0 Å². The molecule has 21 heavy (non-hydrogen) atoms. The molecule has 0 radical (unpaired) electrons. The van der Waals surface area contributed by atoms with Gasteiger partial charge in [-0.2, -0.15) is 0 Å². The van der Waals surface area contributed by atoms with Gasteiger partial charge in [0.2, 0.25) is 0 Å². The van der Waals surface area contributed by atoms with Crippen molar-refractivity contribution >= 4 is 14.7 Å². The predicted octanol–water partition coefficient (Wildman–Crippen LogP) is 2.76. The summed E-state index contributed by atoms with van der Waals surface area (Å²) < 4.78 is 6.00. The molecule has 112 valence electrons. The molecule has 0 bridgehead atoms. The molecule has 2 rings (SSSR count). The highest BCUT2D eigenvalue weighted by Gasteiger charge is 2.10. The summed E-state index contributed by atoms with van der Waals surface area (Å²) in [4.78, 5) is 0. The largest absolute Gasteiger partial charge is 0.507 e. The lowest BCUT2D eigenvalue weighted by Crippen LogP contribution is -2.24. The number of benzene rings is 2. The summed E-state index contributed by atoms with van der Waals surface area (Å²) >= 11 is 0. The molecular weight excluding hydrogens is 276 g/mol. The molecule has 0 heterocycles. The van der Waals surface area contributed by atoms with Crippen LogP contribution in [0, 0.1) is 34.6 Å². The number of phenols is 1. The first-order valence-corrected chi connectivity index (χ1v) is 9.10. The van der Waals surface area contributed by atoms with Crippen LogP contribution in [-0.4, -0.2) is 20.9 Å². The highest BCUT2D eigenvalue weighted by atomic mass is 28.2. The monoisotopic (exact) mass is 300 g/mol. The molecule has 0 aliphatic carbocycles. The molecule has 0 spiro atoms. The molecule has 3 heteroatoms. The van der Waals surface area contributed by atoms with Gasteiger partial charge in [-0.05, 0) is 68.5 Å². The van der Waals surface area contributed by atoms with E-state index in [0.717, 1.165) is 28.7 Å². The minimum atomic E-state index is -0.441. The first-order valence-electron chi connectivity index (χ1n) is 7.39. The lowest BCUT2D eigenvalue weighted by Gasteiger charge is -2.15. The van der Waals surface area contributed by atoms with Crippen LogP contribution < -0.4 is 9.92 Å². The fourth-order valence-electron chi connectivity index (χ4n) is 2.53. The van der Waals surface area contributed by atoms with Crippen LogP contribution in [0.4, 0.5) is 0 Å². The fourth-order valence-corrected chi connectivity index (χ4v) is 4.03. The van der Waals surface area contributed by atoms with Gasteiger partial charge in [0.25, 0.3) is 0 Å². The van der Waals surface area contributed by atoms with E-state index in [1.165, 1.54) is 16.3 Å². The SMILES string of the molecule is Cc1cccc([SiH2]COc2cc(C)c(O)c(C)c2C)c1C. The van der Waals surface area contributed by atoms with Gasteiger partial charge in [-0.1, -0.05) is 23.4 Å². The molecule has 1 N–H and O–H groups in total. The zero-order valence-corrected chi connectivity index (χ0v) is 15.0. The highest BCUT2D eigenvalue weighted by Crippen LogP contribution is 2.31. The molecule has 0 fully saturated rings. The fraction of sp³-hybridized carbons (Fsp3) is 0.333. The lowest BCUT2D eigenvalue weighted by atomic mass is 10.0. The van der Waals surface area contributed by atoms with Crippen LogP contribution >= 0.6 is 0 Å². The Kier molecular flexibility index (Phi) is 4.73. The number of hydrogen-bond acceptors (Lipinski definition) is 2. The molecular formula is C18H24O2Si. The van der Waals surface area contributed by atoms with Gasteiger partial charge in [0.05, 0.1) is 15.7 Å². The van der Waals surface area contributed by atoms with Gasteiger partial charge in [-0.3, -0.25) is 0 Å². The van der Waals surface area contributed by atoms with Crippen molar-refractivity contribution in [2.75, 3.05) is 6.23 Å². The Morgan fingerprint density at radius 1 is 0.952 bits per heavy atom. The molecule has 2 nitrogen and oxygen atoms in total. The van der Waals surface area contributed by atoms with Crippen molar-refractivity contribution in [3.8, 4) is 11.5 Å². The van der Waals surface area contributed by atoms with E-state index >= 15 is 0 Å². The highest BCUT2D eigenvalue weighted by molar-refractivity contribution is 6.54. The third kappa shape index (κ3) is 3.30. The third-order valence-corrected chi connectivity index (χ3v) is 6.07. The van der Waals surface area contributed by atoms with Crippen LogP contribution in [0.1, 0.15) is 27.8 Å². The summed E-state index contributed by atoms with van der Waals surface area (Å²) in [5.74, 6) is 1.28. The van der Waals surface area contributed by atoms with Gasteiger partial charge in [-0.15, -0.1) is 0 Å². The number of rotatable bonds is 4. The van der Waals surface area contributed by atoms with Crippen LogP contribution in [0.2, 0.25) is 0 Å². The third-order valence-electron chi connectivity index (χ3n) is 4.35. The van der Waals surface area contributed by atoms with Crippen LogP contribution in [-0.2, 0) is 0 Å². The second-order valence-corrected chi connectivity index (χ2v) is 7.42. The summed E-state index contributed by atoms with van der Waals surface area (Å²) in [6.45, 7) is 10.2. The molecule has 2 aromatic carbocycles. The Balaban J connectivity index is 2.09. The molecule has 0 aromatic heterocycles. The maximum atomic E-state index is 9.94. The van der Waals surface area contributed by atoms with E-state index in [4.69, 9.17) is 4.74 Å². The average molecular weight is 300 g/mol. The maximum Gasteiger partial charge on any atom is 0.122 e. The Morgan fingerprint density at radius 3 is 2.38 bits per heavy atom. The Labute approximate surface area is 129 Å². The van der Waals surface area contributed by atoms with Crippen molar-refractivity contribution < 1.29 is 9.84 Å². The van der Waals surface area contributed by atoms with E-state index in [1.54, 1.807) is 0 Å². The summed E-state index contributed by atoms with van der Waals surface area (Å²) in [6, 6.07) is 8.45. The minimum absolute atomic E-state index is 0.381. The Hall–Kier alpha value is -1.74. The van der Waals surface area contributed by atoms with E-state index in [1.807, 2.05) is 26.8 Å². The second-order valence-electron chi connectivity index (χ2n) is 5.75. The molecule has 0 aliphatic heterocycles. The lowest BCUT2D eigenvalue weighted by molar-refractivity contribution is 0.380. The number of hydrogen-bond donors (Lipinski definition) is 1. The molecule has 0 atom stereocenters. The van der Waals surface area contributed by atoms with E-state index in [-0.39, 0.29) is 0 Å². The van der Waals surface area contributed by atoms with Gasteiger partial charge >= 0.3 is 0 Å². The smallest absolute Gasteiger partial charge is 0.122 e. The topological polar surface area (TPSA) is 29.5 Å². The number of phenolic OH excluding ortho intramolecular Hbond substituents is 1. The van der Waals surface area contributed by atoms with E-state index in [9.17, 15) is 5.11 Å². The number of aryl methyl sites for hydroxylation is 2. The van der Waals surface area contributed by atoms with Gasteiger partial charge in [0, 0.05) is 0 Å². The van der Waals surface area contributed by atoms with Gasteiger partial charge in [0.1, 0.15) is 11.5 Å². The first kappa shape index (κ1) is 15.6. The molecule has 0 saturated carbocycles. The maximum absolute atomic E-state index is 9.94. The van der Waals surface area contributed by atoms with Gasteiger partial charge in [-0.25, -0.2) is 0 Å². The summed E-state index contributed by atoms with van der Waals surface area (Å²) in [6.07, 6.45) is 0.786.